The normalized spacial score (nSPS) is 18.5. The van der Waals surface area contributed by atoms with Gasteiger partial charge in [0.2, 0.25) is 0 Å². The third-order valence-electron chi connectivity index (χ3n) is 3.10. The lowest BCUT2D eigenvalue weighted by molar-refractivity contribution is 0.122. The van der Waals surface area contributed by atoms with Crippen molar-refractivity contribution < 1.29 is 9.29 Å². The van der Waals surface area contributed by atoms with Crippen molar-refractivity contribution in [2.24, 2.45) is 4.40 Å². The van der Waals surface area contributed by atoms with E-state index < -0.39 is 11.4 Å². The van der Waals surface area contributed by atoms with E-state index >= 15 is 0 Å². The number of ether oxygens (including phenoxy) is 1. The van der Waals surface area contributed by atoms with Gasteiger partial charge in [0.25, 0.3) is 0 Å². The summed E-state index contributed by atoms with van der Waals surface area (Å²) in [5, 5.41) is 0. The van der Waals surface area contributed by atoms with Gasteiger partial charge in [0.15, 0.2) is 0 Å². The molecular formula is C15H22N2O2S. The molecule has 1 aliphatic rings. The molecule has 0 spiro atoms. The summed E-state index contributed by atoms with van der Waals surface area (Å²) in [7, 11) is 0. The van der Waals surface area contributed by atoms with Crippen molar-refractivity contribution in [2.45, 2.75) is 25.5 Å². The molecule has 0 saturated carbocycles. The Balaban J connectivity index is 2.17. The van der Waals surface area contributed by atoms with E-state index in [9.17, 15) is 4.55 Å². The summed E-state index contributed by atoms with van der Waals surface area (Å²) in [6.07, 6.45) is 1.73. The zero-order valence-electron chi connectivity index (χ0n) is 12.3. The molecule has 0 aromatic heterocycles. The van der Waals surface area contributed by atoms with Crippen LogP contribution in [-0.4, -0.2) is 41.8 Å². The number of para-hydroxylation sites is 1. The molecule has 2 rings (SSSR count). The van der Waals surface area contributed by atoms with Crippen molar-refractivity contribution in [2.75, 3.05) is 31.2 Å². The van der Waals surface area contributed by atoms with Crippen LogP contribution in [0.25, 0.3) is 0 Å². The standard InChI is InChI=1S/C15H22N2O2S/c1-15(2,3)20(18)16-12-13-6-4-5-7-14(13)17-8-10-19-11-9-17/h4-7,12H,8-11H2,1-3H3/b16-12+/t20-/m0/s1. The minimum Gasteiger partial charge on any atom is -0.591 e. The summed E-state index contributed by atoms with van der Waals surface area (Å²) in [6, 6.07) is 8.08. The molecule has 0 N–H and O–H groups in total. The summed E-state index contributed by atoms with van der Waals surface area (Å²) in [4.78, 5) is 2.28. The summed E-state index contributed by atoms with van der Waals surface area (Å²) in [5.41, 5.74) is 2.14. The molecule has 0 bridgehead atoms. The van der Waals surface area contributed by atoms with Crippen LogP contribution in [0.4, 0.5) is 5.69 Å². The highest BCUT2D eigenvalue weighted by atomic mass is 32.2. The van der Waals surface area contributed by atoms with E-state index in [1.165, 1.54) is 0 Å². The highest BCUT2D eigenvalue weighted by Gasteiger charge is 2.26. The minimum atomic E-state index is -1.22. The summed E-state index contributed by atoms with van der Waals surface area (Å²) < 4.78 is 21.3. The predicted octanol–water partition coefficient (Wildman–Crippen LogP) is 2.40. The molecule has 110 valence electrons. The van der Waals surface area contributed by atoms with Crippen molar-refractivity contribution in [1.82, 2.24) is 0 Å². The van der Waals surface area contributed by atoms with Crippen LogP contribution < -0.4 is 4.90 Å². The van der Waals surface area contributed by atoms with Gasteiger partial charge in [0, 0.05) is 24.3 Å². The van der Waals surface area contributed by atoms with E-state index in [1.54, 1.807) is 6.21 Å². The summed E-state index contributed by atoms with van der Waals surface area (Å²) in [6.45, 7) is 9.04. The first-order valence-corrected chi connectivity index (χ1v) is 7.97. The Bertz CT molecular complexity index is 465. The SMILES string of the molecule is CC(C)(C)[S@+]([O-])/N=C/c1ccccc1N1CCOCC1. The van der Waals surface area contributed by atoms with Gasteiger partial charge in [-0.2, -0.15) is 0 Å². The van der Waals surface area contributed by atoms with E-state index in [4.69, 9.17) is 4.74 Å². The first kappa shape index (κ1) is 15.4. The summed E-state index contributed by atoms with van der Waals surface area (Å²) >= 11 is -1.22. The van der Waals surface area contributed by atoms with Crippen molar-refractivity contribution in [1.29, 1.82) is 0 Å². The fourth-order valence-corrected chi connectivity index (χ4v) is 2.48. The van der Waals surface area contributed by atoms with Gasteiger partial charge in [-0.05, 0) is 26.8 Å². The molecule has 1 saturated heterocycles. The van der Waals surface area contributed by atoms with Crippen LogP contribution in [0.15, 0.2) is 28.7 Å². The lowest BCUT2D eigenvalue weighted by atomic mass is 10.1. The lowest BCUT2D eigenvalue weighted by Crippen LogP contribution is -2.36. The predicted molar refractivity (Wildman–Crippen MR) is 85.0 cm³/mol. The van der Waals surface area contributed by atoms with Crippen molar-refractivity contribution in [3.05, 3.63) is 29.8 Å². The molecule has 0 amide bonds. The third kappa shape index (κ3) is 3.98. The van der Waals surface area contributed by atoms with Crippen LogP contribution in [0.1, 0.15) is 26.3 Å². The largest absolute Gasteiger partial charge is 0.591 e. The van der Waals surface area contributed by atoms with Gasteiger partial charge in [0.1, 0.15) is 16.1 Å². The number of benzene rings is 1. The molecular weight excluding hydrogens is 272 g/mol. The maximum atomic E-state index is 12.0. The monoisotopic (exact) mass is 294 g/mol. The Labute approximate surface area is 124 Å². The molecule has 0 radical (unpaired) electrons. The number of morpholine rings is 1. The zero-order chi connectivity index (χ0) is 14.6. The minimum absolute atomic E-state index is 0.329. The third-order valence-corrected chi connectivity index (χ3v) is 4.44. The Morgan fingerprint density at radius 1 is 1.25 bits per heavy atom. The quantitative estimate of drug-likeness (QED) is 0.635. The Kier molecular flexibility index (Phi) is 5.07. The van der Waals surface area contributed by atoms with Gasteiger partial charge in [-0.25, -0.2) is 0 Å². The van der Waals surface area contributed by atoms with E-state index in [1.807, 2.05) is 39.0 Å². The molecule has 1 aromatic rings. The second-order valence-electron chi connectivity index (χ2n) is 5.75. The van der Waals surface area contributed by atoms with Crippen molar-refractivity contribution in [3.63, 3.8) is 0 Å². The second kappa shape index (κ2) is 6.61. The Morgan fingerprint density at radius 2 is 1.90 bits per heavy atom. The van der Waals surface area contributed by atoms with Gasteiger partial charge >= 0.3 is 0 Å². The van der Waals surface area contributed by atoms with Gasteiger partial charge in [0.05, 0.1) is 19.4 Å². The first-order chi connectivity index (χ1) is 9.48. The summed E-state index contributed by atoms with van der Waals surface area (Å²) in [5.74, 6) is 0. The molecule has 1 aromatic carbocycles. The van der Waals surface area contributed by atoms with Gasteiger partial charge in [-0.1, -0.05) is 22.6 Å². The molecule has 5 heteroatoms. The second-order valence-corrected chi connectivity index (χ2v) is 7.69. The van der Waals surface area contributed by atoms with Crippen LogP contribution in [0.3, 0.4) is 0 Å². The molecule has 1 aliphatic heterocycles. The van der Waals surface area contributed by atoms with Gasteiger partial charge < -0.3 is 14.2 Å². The van der Waals surface area contributed by atoms with Gasteiger partial charge in [-0.3, -0.25) is 0 Å². The van der Waals surface area contributed by atoms with Crippen LogP contribution in [0.2, 0.25) is 0 Å². The Morgan fingerprint density at radius 3 is 2.55 bits per heavy atom. The first-order valence-electron chi connectivity index (χ1n) is 6.86. The molecule has 20 heavy (non-hydrogen) atoms. The van der Waals surface area contributed by atoms with E-state index in [-0.39, 0.29) is 4.75 Å². The number of hydrogen-bond acceptors (Lipinski definition) is 4. The van der Waals surface area contributed by atoms with E-state index in [2.05, 4.69) is 15.4 Å². The maximum Gasteiger partial charge on any atom is 0.144 e. The average molecular weight is 294 g/mol. The Hall–Kier alpha value is -1.04. The maximum absolute atomic E-state index is 12.0. The fourth-order valence-electron chi connectivity index (χ4n) is 1.95. The molecule has 1 atom stereocenters. The smallest absolute Gasteiger partial charge is 0.144 e. The van der Waals surface area contributed by atoms with Crippen LogP contribution in [0.5, 0.6) is 0 Å². The zero-order valence-corrected chi connectivity index (χ0v) is 13.2. The number of rotatable bonds is 3. The molecule has 1 fully saturated rings. The topological polar surface area (TPSA) is 47.9 Å². The number of hydrogen-bond donors (Lipinski definition) is 0. The molecule has 0 aliphatic carbocycles. The highest BCUT2D eigenvalue weighted by Crippen LogP contribution is 2.22. The molecule has 0 unspecified atom stereocenters. The number of nitrogens with zero attached hydrogens (tertiary/aromatic N) is 2. The van der Waals surface area contributed by atoms with Crippen molar-refractivity contribution in [3.8, 4) is 0 Å². The number of anilines is 1. The molecule has 1 heterocycles. The van der Waals surface area contributed by atoms with Crippen LogP contribution in [-0.2, 0) is 16.1 Å². The van der Waals surface area contributed by atoms with Crippen LogP contribution >= 0.6 is 0 Å². The van der Waals surface area contributed by atoms with Crippen molar-refractivity contribution >= 4 is 23.3 Å². The lowest BCUT2D eigenvalue weighted by Gasteiger charge is -2.30. The highest BCUT2D eigenvalue weighted by molar-refractivity contribution is 7.91. The fraction of sp³-hybridized carbons (Fsp3) is 0.533. The van der Waals surface area contributed by atoms with E-state index in [0.29, 0.717) is 0 Å². The molecule has 4 nitrogen and oxygen atoms in total. The average Bonchev–Trinajstić information content (AvgIpc) is 2.45. The van der Waals surface area contributed by atoms with E-state index in [0.717, 1.165) is 37.6 Å². The van der Waals surface area contributed by atoms with Gasteiger partial charge in [-0.15, -0.1) is 0 Å². The van der Waals surface area contributed by atoms with Crippen LogP contribution in [0, 0.1) is 0 Å².